The third-order valence-corrected chi connectivity index (χ3v) is 7.56. The predicted molar refractivity (Wildman–Crippen MR) is 120 cm³/mol. The van der Waals surface area contributed by atoms with E-state index in [1.165, 1.54) is 57.8 Å². The van der Waals surface area contributed by atoms with Crippen LogP contribution in [0.2, 0.25) is 0 Å². The van der Waals surface area contributed by atoms with Gasteiger partial charge in [0, 0.05) is 24.3 Å². The third-order valence-electron chi connectivity index (χ3n) is 7.56. The first kappa shape index (κ1) is 22.5. The molecule has 2 aliphatic carbocycles. The van der Waals surface area contributed by atoms with E-state index in [2.05, 4.69) is 64.1 Å². The number of allylic oxidation sites excluding steroid dienone is 1. The van der Waals surface area contributed by atoms with Crippen LogP contribution in [-0.2, 0) is 0 Å². The second-order valence-corrected chi connectivity index (χ2v) is 9.68. The SMILES string of the molecule is CC/C=C\C(C)(CNC)C1CC2CCCC21CCCCC(C)C#CCCC. The van der Waals surface area contributed by atoms with Crippen LogP contribution in [0.1, 0.15) is 98.3 Å². The lowest BCUT2D eigenvalue weighted by Crippen LogP contribution is -2.55. The van der Waals surface area contributed by atoms with Crippen LogP contribution in [0.4, 0.5) is 0 Å². The van der Waals surface area contributed by atoms with Gasteiger partial charge in [-0.1, -0.05) is 59.1 Å². The zero-order valence-corrected chi connectivity index (χ0v) is 18.9. The average Bonchev–Trinajstić information content (AvgIpc) is 2.94. The van der Waals surface area contributed by atoms with E-state index in [9.17, 15) is 0 Å². The minimum absolute atomic E-state index is 0.324. The van der Waals surface area contributed by atoms with E-state index < -0.39 is 0 Å². The van der Waals surface area contributed by atoms with Gasteiger partial charge in [0.25, 0.3) is 0 Å². The molecule has 0 aromatic carbocycles. The standard InChI is InChI=1S/C26H45N/c1-6-8-10-14-22(3)15-11-12-18-26-19-13-16-23(26)20-24(26)25(4,21-27-5)17-9-7-2/h9,17,22-24,27H,6-8,11-13,15-16,18-21H2,1-5H3/b17-9-. The normalized spacial score (nSPS) is 30.3. The summed E-state index contributed by atoms with van der Waals surface area (Å²) in [4.78, 5) is 0. The van der Waals surface area contributed by atoms with E-state index in [0.29, 0.717) is 16.7 Å². The fourth-order valence-corrected chi connectivity index (χ4v) is 6.18. The van der Waals surface area contributed by atoms with Crippen LogP contribution in [0.3, 0.4) is 0 Å². The Kier molecular flexibility index (Phi) is 8.94. The molecule has 2 fully saturated rings. The summed E-state index contributed by atoms with van der Waals surface area (Å²) in [6, 6.07) is 0. The predicted octanol–water partition coefficient (Wildman–Crippen LogP) is 6.98. The Hall–Kier alpha value is -0.740. The molecule has 0 radical (unpaired) electrons. The van der Waals surface area contributed by atoms with Crippen LogP contribution in [0.15, 0.2) is 12.2 Å². The monoisotopic (exact) mass is 371 g/mol. The molecule has 0 aromatic heterocycles. The molecular weight excluding hydrogens is 326 g/mol. The lowest BCUT2D eigenvalue weighted by atomic mass is 9.45. The van der Waals surface area contributed by atoms with Crippen molar-refractivity contribution < 1.29 is 0 Å². The van der Waals surface area contributed by atoms with Crippen molar-refractivity contribution in [1.29, 1.82) is 0 Å². The lowest BCUT2D eigenvalue weighted by Gasteiger charge is -2.60. The molecule has 1 nitrogen and oxygen atoms in total. The van der Waals surface area contributed by atoms with Gasteiger partial charge in [-0.25, -0.2) is 0 Å². The van der Waals surface area contributed by atoms with Gasteiger partial charge in [0.15, 0.2) is 0 Å². The molecule has 0 spiro atoms. The van der Waals surface area contributed by atoms with Crippen molar-refractivity contribution in [3.8, 4) is 11.8 Å². The Morgan fingerprint density at radius 1 is 1.30 bits per heavy atom. The number of hydrogen-bond acceptors (Lipinski definition) is 1. The Morgan fingerprint density at radius 3 is 2.78 bits per heavy atom. The molecule has 0 saturated heterocycles. The minimum atomic E-state index is 0.324. The minimum Gasteiger partial charge on any atom is -0.319 e. The van der Waals surface area contributed by atoms with Gasteiger partial charge in [0.05, 0.1) is 0 Å². The molecule has 0 bridgehead atoms. The first-order valence-electron chi connectivity index (χ1n) is 11.8. The van der Waals surface area contributed by atoms with Gasteiger partial charge >= 0.3 is 0 Å². The summed E-state index contributed by atoms with van der Waals surface area (Å²) in [6.07, 6.45) is 19.8. The van der Waals surface area contributed by atoms with E-state index >= 15 is 0 Å². The Morgan fingerprint density at radius 2 is 2.11 bits per heavy atom. The third kappa shape index (κ3) is 5.41. The maximum atomic E-state index is 3.50. The summed E-state index contributed by atoms with van der Waals surface area (Å²) in [5.41, 5.74) is 0.964. The van der Waals surface area contributed by atoms with Crippen LogP contribution in [0.5, 0.6) is 0 Å². The summed E-state index contributed by atoms with van der Waals surface area (Å²) < 4.78 is 0. The van der Waals surface area contributed by atoms with E-state index in [1.54, 1.807) is 0 Å². The Labute approximate surface area is 170 Å². The quantitative estimate of drug-likeness (QED) is 0.234. The van der Waals surface area contributed by atoms with Gasteiger partial charge in [-0.3, -0.25) is 0 Å². The first-order chi connectivity index (χ1) is 13.0. The van der Waals surface area contributed by atoms with Gasteiger partial charge in [-0.05, 0) is 69.2 Å². The van der Waals surface area contributed by atoms with Crippen LogP contribution >= 0.6 is 0 Å². The zero-order valence-electron chi connectivity index (χ0n) is 18.9. The van der Waals surface area contributed by atoms with Gasteiger partial charge in [0.1, 0.15) is 0 Å². The molecule has 154 valence electrons. The maximum Gasteiger partial charge on any atom is 0.0174 e. The highest BCUT2D eigenvalue weighted by molar-refractivity contribution is 5.15. The van der Waals surface area contributed by atoms with Gasteiger partial charge < -0.3 is 5.32 Å². The number of hydrogen-bond donors (Lipinski definition) is 1. The summed E-state index contributed by atoms with van der Waals surface area (Å²) in [7, 11) is 2.12. The molecule has 0 aliphatic heterocycles. The topological polar surface area (TPSA) is 12.0 Å². The van der Waals surface area contributed by atoms with Crippen molar-refractivity contribution in [1.82, 2.24) is 5.32 Å². The van der Waals surface area contributed by atoms with Crippen LogP contribution in [-0.4, -0.2) is 13.6 Å². The smallest absolute Gasteiger partial charge is 0.0174 e. The van der Waals surface area contributed by atoms with Crippen molar-refractivity contribution in [2.24, 2.45) is 28.6 Å². The second-order valence-electron chi connectivity index (χ2n) is 9.68. The molecular formula is C26H45N. The van der Waals surface area contributed by atoms with Crippen LogP contribution in [0, 0.1) is 40.4 Å². The highest BCUT2D eigenvalue weighted by atomic mass is 14.8. The number of unbranched alkanes of at least 4 members (excludes halogenated alkanes) is 2. The first-order valence-corrected chi connectivity index (χ1v) is 11.8. The highest BCUT2D eigenvalue weighted by Gasteiger charge is 2.60. The fraction of sp³-hybridized carbons (Fsp3) is 0.846. The van der Waals surface area contributed by atoms with Gasteiger partial charge in [0.2, 0.25) is 0 Å². The average molecular weight is 372 g/mol. The molecule has 27 heavy (non-hydrogen) atoms. The second kappa shape index (κ2) is 10.7. The molecule has 5 unspecified atom stereocenters. The molecule has 0 aromatic rings. The summed E-state index contributed by atoms with van der Waals surface area (Å²) >= 11 is 0. The van der Waals surface area contributed by atoms with Crippen LogP contribution in [0.25, 0.3) is 0 Å². The van der Waals surface area contributed by atoms with E-state index in [0.717, 1.165) is 31.2 Å². The van der Waals surface area contributed by atoms with Crippen molar-refractivity contribution in [2.45, 2.75) is 98.3 Å². The maximum absolute atomic E-state index is 3.50. The molecule has 2 rings (SSSR count). The molecule has 2 aliphatic rings. The number of rotatable bonds is 11. The van der Waals surface area contributed by atoms with Crippen molar-refractivity contribution >= 4 is 0 Å². The van der Waals surface area contributed by atoms with E-state index in [4.69, 9.17) is 0 Å². The Bertz CT molecular complexity index is 524. The fourth-order valence-electron chi connectivity index (χ4n) is 6.18. The molecule has 1 N–H and O–H groups in total. The number of fused-ring (bicyclic) bond motifs is 1. The summed E-state index contributed by atoms with van der Waals surface area (Å²) in [5, 5.41) is 3.50. The lowest BCUT2D eigenvalue weighted by molar-refractivity contribution is -0.0924. The van der Waals surface area contributed by atoms with Crippen molar-refractivity contribution in [3.63, 3.8) is 0 Å². The van der Waals surface area contributed by atoms with Crippen molar-refractivity contribution in [2.75, 3.05) is 13.6 Å². The van der Waals surface area contributed by atoms with Gasteiger partial charge in [-0.2, -0.15) is 0 Å². The molecule has 1 heteroatoms. The van der Waals surface area contributed by atoms with E-state index in [1.807, 2.05) is 0 Å². The zero-order chi connectivity index (χ0) is 19.8. The van der Waals surface area contributed by atoms with Crippen molar-refractivity contribution in [3.05, 3.63) is 12.2 Å². The summed E-state index contributed by atoms with van der Waals surface area (Å²) in [6.45, 7) is 10.4. The summed E-state index contributed by atoms with van der Waals surface area (Å²) in [5.74, 6) is 9.24. The molecule has 0 amide bonds. The van der Waals surface area contributed by atoms with Gasteiger partial charge in [-0.15, -0.1) is 11.8 Å². The number of nitrogens with one attached hydrogen (secondary N) is 1. The van der Waals surface area contributed by atoms with Crippen LogP contribution < -0.4 is 5.32 Å². The highest BCUT2D eigenvalue weighted by Crippen LogP contribution is 2.68. The molecule has 5 atom stereocenters. The molecule has 0 heterocycles. The largest absolute Gasteiger partial charge is 0.319 e. The molecule has 2 saturated carbocycles. The Balaban J connectivity index is 1.94. The van der Waals surface area contributed by atoms with E-state index in [-0.39, 0.29) is 0 Å².